The van der Waals surface area contributed by atoms with Crippen molar-refractivity contribution in [2.75, 3.05) is 0 Å². The van der Waals surface area contributed by atoms with E-state index in [1.807, 2.05) is 79.0 Å². The predicted molar refractivity (Wildman–Crippen MR) is 170 cm³/mol. The van der Waals surface area contributed by atoms with E-state index >= 15 is 0 Å². The summed E-state index contributed by atoms with van der Waals surface area (Å²) in [6.07, 6.45) is 1.85. The van der Waals surface area contributed by atoms with E-state index < -0.39 is 0 Å². The van der Waals surface area contributed by atoms with Gasteiger partial charge in [-0.05, 0) is 12.1 Å². The molecule has 0 aliphatic rings. The molecule has 196 valence electrons. The van der Waals surface area contributed by atoms with Crippen LogP contribution < -0.4 is 0 Å². The summed E-state index contributed by atoms with van der Waals surface area (Å²) in [5.74, 6) is 1.91. The SMILES string of the molecule is c1ccc(-c2nc(-c3ccccc3)nc(-c3ccc(-c4nc5ccccc5c5c4ccc4cccnc45)cc3)n2)cc1. The van der Waals surface area contributed by atoms with Crippen molar-refractivity contribution in [1.29, 1.82) is 0 Å². The molecule has 0 saturated heterocycles. The summed E-state index contributed by atoms with van der Waals surface area (Å²) >= 11 is 0. The van der Waals surface area contributed by atoms with Gasteiger partial charge in [-0.1, -0.05) is 121 Å². The van der Waals surface area contributed by atoms with E-state index in [2.05, 4.69) is 60.7 Å². The van der Waals surface area contributed by atoms with Crippen LogP contribution in [-0.4, -0.2) is 24.9 Å². The number of hydrogen-bond donors (Lipinski definition) is 0. The largest absolute Gasteiger partial charge is 0.256 e. The van der Waals surface area contributed by atoms with E-state index in [0.29, 0.717) is 17.5 Å². The van der Waals surface area contributed by atoms with Crippen molar-refractivity contribution in [3.8, 4) is 45.4 Å². The molecule has 8 rings (SSSR count). The van der Waals surface area contributed by atoms with Crippen molar-refractivity contribution in [1.82, 2.24) is 24.9 Å². The van der Waals surface area contributed by atoms with E-state index in [9.17, 15) is 0 Å². The van der Waals surface area contributed by atoms with Crippen molar-refractivity contribution in [2.24, 2.45) is 0 Å². The maximum absolute atomic E-state index is 5.12. The lowest BCUT2D eigenvalue weighted by Gasteiger charge is -2.12. The van der Waals surface area contributed by atoms with Crippen LogP contribution in [0.3, 0.4) is 0 Å². The third kappa shape index (κ3) is 4.16. The zero-order valence-electron chi connectivity index (χ0n) is 22.5. The Morgan fingerprint density at radius 3 is 1.62 bits per heavy atom. The fraction of sp³-hybridized carbons (Fsp3) is 0. The molecule has 8 aromatic rings. The minimum Gasteiger partial charge on any atom is -0.256 e. The molecule has 0 N–H and O–H groups in total. The van der Waals surface area contributed by atoms with E-state index in [4.69, 9.17) is 24.9 Å². The van der Waals surface area contributed by atoms with Gasteiger partial charge in [-0.2, -0.15) is 0 Å². The highest BCUT2D eigenvalue weighted by Crippen LogP contribution is 2.36. The van der Waals surface area contributed by atoms with E-state index in [1.165, 1.54) is 0 Å². The van der Waals surface area contributed by atoms with E-state index in [-0.39, 0.29) is 0 Å². The Morgan fingerprint density at radius 2 is 0.952 bits per heavy atom. The van der Waals surface area contributed by atoms with Gasteiger partial charge in [-0.3, -0.25) is 4.98 Å². The number of aromatic nitrogens is 5. The van der Waals surface area contributed by atoms with Crippen LogP contribution in [0.5, 0.6) is 0 Å². The van der Waals surface area contributed by atoms with Gasteiger partial charge in [0.15, 0.2) is 17.5 Å². The second-order valence-corrected chi connectivity index (χ2v) is 10.2. The Morgan fingerprint density at radius 1 is 0.381 bits per heavy atom. The summed E-state index contributed by atoms with van der Waals surface area (Å²) in [5.41, 5.74) is 6.68. The number of para-hydroxylation sites is 1. The highest BCUT2D eigenvalue weighted by atomic mass is 15.0. The number of pyridine rings is 2. The Labute approximate surface area is 242 Å². The van der Waals surface area contributed by atoms with Gasteiger partial charge in [0.2, 0.25) is 0 Å². The first-order valence-corrected chi connectivity index (χ1v) is 13.9. The summed E-state index contributed by atoms with van der Waals surface area (Å²) in [4.78, 5) is 24.5. The van der Waals surface area contributed by atoms with Crippen LogP contribution in [0, 0.1) is 0 Å². The summed E-state index contributed by atoms with van der Waals surface area (Å²) in [6.45, 7) is 0. The third-order valence-electron chi connectivity index (χ3n) is 7.55. The molecule has 5 aromatic carbocycles. The fourth-order valence-electron chi connectivity index (χ4n) is 5.51. The van der Waals surface area contributed by atoms with Gasteiger partial charge >= 0.3 is 0 Å². The number of hydrogen-bond acceptors (Lipinski definition) is 5. The molecule has 0 atom stereocenters. The molecule has 0 fully saturated rings. The second kappa shape index (κ2) is 9.98. The summed E-state index contributed by atoms with van der Waals surface area (Å²) in [5, 5.41) is 4.41. The lowest BCUT2D eigenvalue weighted by atomic mass is 9.97. The predicted octanol–water partition coefficient (Wildman–Crippen LogP) is 8.79. The molecule has 5 nitrogen and oxygen atoms in total. The van der Waals surface area contributed by atoms with Gasteiger partial charge in [0.1, 0.15) is 0 Å². The molecule has 42 heavy (non-hydrogen) atoms. The standard InChI is InChI=1S/C37H23N5/c1-3-10-26(11-4-1)35-40-36(27-12-5-2-6-13-27)42-37(41-35)28-19-17-25(18-20-28)33-30-22-21-24-14-9-23-38-34(24)32(30)29-15-7-8-16-31(29)39-33/h1-23H. The fourth-order valence-corrected chi connectivity index (χ4v) is 5.51. The van der Waals surface area contributed by atoms with Crippen LogP contribution >= 0.6 is 0 Å². The number of fused-ring (bicyclic) bond motifs is 5. The van der Waals surface area contributed by atoms with Gasteiger partial charge in [-0.25, -0.2) is 19.9 Å². The van der Waals surface area contributed by atoms with Crippen molar-refractivity contribution in [2.45, 2.75) is 0 Å². The minimum absolute atomic E-state index is 0.626. The topological polar surface area (TPSA) is 64.5 Å². The Bertz CT molecular complexity index is 2160. The Hall–Kier alpha value is -5.81. The molecule has 0 bridgehead atoms. The molecule has 0 radical (unpaired) electrons. The minimum atomic E-state index is 0.626. The number of nitrogens with zero attached hydrogens (tertiary/aromatic N) is 5. The Balaban J connectivity index is 1.28. The smallest absolute Gasteiger partial charge is 0.164 e. The maximum Gasteiger partial charge on any atom is 0.164 e. The summed E-state index contributed by atoms with van der Waals surface area (Å²) in [6, 6.07) is 45.0. The van der Waals surface area contributed by atoms with Crippen molar-refractivity contribution in [3.63, 3.8) is 0 Å². The van der Waals surface area contributed by atoms with Crippen LogP contribution in [0.25, 0.3) is 78.0 Å². The van der Waals surface area contributed by atoms with Crippen LogP contribution in [-0.2, 0) is 0 Å². The average Bonchev–Trinajstić information content (AvgIpc) is 3.08. The molecular formula is C37H23N5. The molecule has 0 unspecified atom stereocenters. The second-order valence-electron chi connectivity index (χ2n) is 10.2. The van der Waals surface area contributed by atoms with Crippen LogP contribution in [0.15, 0.2) is 140 Å². The lowest BCUT2D eigenvalue weighted by molar-refractivity contribution is 1.07. The van der Waals surface area contributed by atoms with Gasteiger partial charge in [0.25, 0.3) is 0 Å². The first-order valence-electron chi connectivity index (χ1n) is 13.9. The van der Waals surface area contributed by atoms with Gasteiger partial charge in [-0.15, -0.1) is 0 Å². The maximum atomic E-state index is 5.12. The van der Waals surface area contributed by atoms with Crippen LogP contribution in [0.1, 0.15) is 0 Å². The molecule has 0 amide bonds. The first-order chi connectivity index (χ1) is 20.8. The molecule has 3 aromatic heterocycles. The van der Waals surface area contributed by atoms with Gasteiger partial charge in [0.05, 0.1) is 16.7 Å². The third-order valence-corrected chi connectivity index (χ3v) is 7.55. The Kier molecular flexibility index (Phi) is 5.71. The van der Waals surface area contributed by atoms with Crippen LogP contribution in [0.2, 0.25) is 0 Å². The van der Waals surface area contributed by atoms with Crippen molar-refractivity contribution in [3.05, 3.63) is 140 Å². The number of rotatable bonds is 4. The quantitative estimate of drug-likeness (QED) is 0.210. The monoisotopic (exact) mass is 537 g/mol. The molecule has 0 aliphatic carbocycles. The normalized spacial score (nSPS) is 11.3. The van der Waals surface area contributed by atoms with Crippen molar-refractivity contribution >= 4 is 32.6 Å². The summed E-state index contributed by atoms with van der Waals surface area (Å²) < 4.78 is 0. The molecule has 0 aliphatic heterocycles. The van der Waals surface area contributed by atoms with Crippen LogP contribution in [0.4, 0.5) is 0 Å². The highest BCUT2D eigenvalue weighted by molar-refractivity contribution is 6.21. The first kappa shape index (κ1) is 24.0. The molecule has 0 saturated carbocycles. The zero-order valence-corrected chi connectivity index (χ0v) is 22.5. The van der Waals surface area contributed by atoms with Crippen molar-refractivity contribution < 1.29 is 0 Å². The lowest BCUT2D eigenvalue weighted by Crippen LogP contribution is -2.00. The van der Waals surface area contributed by atoms with E-state index in [0.717, 1.165) is 60.5 Å². The molecule has 0 spiro atoms. The number of benzene rings is 5. The average molecular weight is 538 g/mol. The van der Waals surface area contributed by atoms with E-state index in [1.54, 1.807) is 0 Å². The highest BCUT2D eigenvalue weighted by Gasteiger charge is 2.15. The summed E-state index contributed by atoms with van der Waals surface area (Å²) in [7, 11) is 0. The molecule has 5 heteroatoms. The van der Waals surface area contributed by atoms with Gasteiger partial charge in [0, 0.05) is 50.0 Å². The van der Waals surface area contributed by atoms with Gasteiger partial charge < -0.3 is 0 Å². The zero-order chi connectivity index (χ0) is 27.9. The molecular weight excluding hydrogens is 514 g/mol. The molecule has 3 heterocycles.